The zero-order valence-corrected chi connectivity index (χ0v) is 19.8. The second-order valence-electron chi connectivity index (χ2n) is 9.74. The van der Waals surface area contributed by atoms with Crippen molar-refractivity contribution in [3.8, 4) is 0 Å². The molecule has 1 amide bonds. The van der Waals surface area contributed by atoms with Crippen LogP contribution in [0, 0.1) is 17.8 Å². The Kier molecular flexibility index (Phi) is 10.1. The molecule has 0 heterocycles. The van der Waals surface area contributed by atoms with Crippen molar-refractivity contribution in [1.82, 2.24) is 4.90 Å². The molecule has 2 rings (SSSR count). The lowest BCUT2D eigenvalue weighted by molar-refractivity contribution is -0.130. The maximum Gasteiger partial charge on any atom is 0.222 e. The number of aliphatic hydroxyl groups is 2. The summed E-state index contributed by atoms with van der Waals surface area (Å²) in [4.78, 5) is 14.0. The van der Waals surface area contributed by atoms with Gasteiger partial charge in [-0.25, -0.2) is 0 Å². The summed E-state index contributed by atoms with van der Waals surface area (Å²) in [6.07, 6.45) is 15.8. The molecule has 30 heavy (non-hydrogen) atoms. The van der Waals surface area contributed by atoms with Gasteiger partial charge in [0.2, 0.25) is 5.91 Å². The number of carbonyl (C=O) groups is 1. The topological polar surface area (TPSA) is 60.8 Å². The lowest BCUT2D eigenvalue weighted by Gasteiger charge is -2.22. The molecule has 5 atom stereocenters. The van der Waals surface area contributed by atoms with Crippen LogP contribution >= 0.6 is 0 Å². The molecule has 0 bridgehead atoms. The molecular weight excluding hydrogens is 374 g/mol. The summed E-state index contributed by atoms with van der Waals surface area (Å²) in [5, 5.41) is 21.0. The predicted molar refractivity (Wildman–Crippen MR) is 124 cm³/mol. The summed E-state index contributed by atoms with van der Waals surface area (Å²) in [7, 11) is 0. The van der Waals surface area contributed by atoms with Gasteiger partial charge in [0.25, 0.3) is 0 Å². The average molecular weight is 420 g/mol. The van der Waals surface area contributed by atoms with Crippen molar-refractivity contribution in [1.29, 1.82) is 0 Å². The quantitative estimate of drug-likeness (QED) is 0.317. The van der Waals surface area contributed by atoms with Crippen molar-refractivity contribution >= 4 is 5.91 Å². The highest BCUT2D eigenvalue weighted by Crippen LogP contribution is 2.48. The maximum absolute atomic E-state index is 12.1. The third-order valence-corrected chi connectivity index (χ3v) is 7.19. The molecule has 2 aliphatic carbocycles. The fourth-order valence-electron chi connectivity index (χ4n) is 5.29. The molecule has 0 aromatic rings. The van der Waals surface area contributed by atoms with Crippen molar-refractivity contribution in [2.45, 2.75) is 104 Å². The number of aliphatic hydroxyl groups excluding tert-OH is 1. The van der Waals surface area contributed by atoms with E-state index < -0.39 is 5.60 Å². The molecule has 0 spiro atoms. The molecule has 1 saturated carbocycles. The van der Waals surface area contributed by atoms with Crippen LogP contribution in [0.25, 0.3) is 0 Å². The van der Waals surface area contributed by atoms with Crippen LogP contribution in [-0.2, 0) is 4.79 Å². The largest absolute Gasteiger partial charge is 0.392 e. The number of unbranched alkanes of at least 4 members (excludes halogenated alkanes) is 2. The van der Waals surface area contributed by atoms with Gasteiger partial charge in [-0.1, -0.05) is 43.6 Å². The number of carbonyl (C=O) groups excluding carboxylic acids is 1. The summed E-state index contributed by atoms with van der Waals surface area (Å²) < 4.78 is 0. The van der Waals surface area contributed by atoms with E-state index >= 15 is 0 Å². The second-order valence-corrected chi connectivity index (χ2v) is 9.74. The van der Waals surface area contributed by atoms with Crippen LogP contribution in [0.2, 0.25) is 0 Å². The molecule has 0 saturated heterocycles. The van der Waals surface area contributed by atoms with Gasteiger partial charge in [-0.3, -0.25) is 4.79 Å². The van der Waals surface area contributed by atoms with Crippen molar-refractivity contribution in [3.63, 3.8) is 0 Å². The predicted octanol–water partition coefficient (Wildman–Crippen LogP) is 5.25. The third kappa shape index (κ3) is 7.23. The molecule has 4 heteroatoms. The Balaban J connectivity index is 1.77. The minimum atomic E-state index is -0.642. The summed E-state index contributed by atoms with van der Waals surface area (Å²) >= 11 is 0. The Morgan fingerprint density at radius 2 is 1.97 bits per heavy atom. The molecular formula is C26H45NO3. The van der Waals surface area contributed by atoms with Gasteiger partial charge in [-0.05, 0) is 77.6 Å². The van der Waals surface area contributed by atoms with Crippen LogP contribution in [0.15, 0.2) is 23.8 Å². The summed E-state index contributed by atoms with van der Waals surface area (Å²) in [6.45, 7) is 9.74. The van der Waals surface area contributed by atoms with E-state index in [1.165, 1.54) is 5.57 Å². The van der Waals surface area contributed by atoms with Crippen LogP contribution in [0.5, 0.6) is 0 Å². The van der Waals surface area contributed by atoms with E-state index in [4.69, 9.17) is 0 Å². The number of hydrogen-bond donors (Lipinski definition) is 2. The van der Waals surface area contributed by atoms with Gasteiger partial charge in [0.05, 0.1) is 11.7 Å². The Morgan fingerprint density at radius 3 is 2.63 bits per heavy atom. The second kappa shape index (κ2) is 12.0. The molecule has 0 aromatic carbocycles. The third-order valence-electron chi connectivity index (χ3n) is 7.19. The highest BCUT2D eigenvalue weighted by Gasteiger charge is 2.43. The van der Waals surface area contributed by atoms with E-state index in [2.05, 4.69) is 25.2 Å². The summed E-state index contributed by atoms with van der Waals surface area (Å²) in [5.41, 5.74) is 0.873. The first-order chi connectivity index (χ1) is 14.3. The number of nitrogens with zero attached hydrogens (tertiary/aromatic N) is 1. The molecule has 172 valence electrons. The normalized spacial score (nSPS) is 27.9. The van der Waals surface area contributed by atoms with Gasteiger partial charge in [0.1, 0.15) is 0 Å². The molecule has 0 radical (unpaired) electrons. The molecule has 0 unspecified atom stereocenters. The minimum Gasteiger partial charge on any atom is -0.392 e. The fraction of sp³-hybridized carbons (Fsp3) is 0.808. The van der Waals surface area contributed by atoms with Crippen LogP contribution in [0.3, 0.4) is 0 Å². The van der Waals surface area contributed by atoms with Gasteiger partial charge >= 0.3 is 0 Å². The first-order valence-corrected chi connectivity index (χ1v) is 12.4. The van der Waals surface area contributed by atoms with Crippen LogP contribution in [0.1, 0.15) is 91.9 Å². The monoisotopic (exact) mass is 419 g/mol. The highest BCUT2D eigenvalue weighted by molar-refractivity contribution is 5.76. The van der Waals surface area contributed by atoms with E-state index in [0.717, 1.165) is 64.5 Å². The lowest BCUT2D eigenvalue weighted by Crippen LogP contribution is -2.30. The molecule has 1 fully saturated rings. The fourth-order valence-corrected chi connectivity index (χ4v) is 5.29. The summed E-state index contributed by atoms with van der Waals surface area (Å²) in [6, 6.07) is 0. The lowest BCUT2D eigenvalue weighted by atomic mass is 9.87. The Hall–Kier alpha value is -1.13. The molecule has 2 N–H and O–H groups in total. The van der Waals surface area contributed by atoms with Crippen molar-refractivity contribution in [3.05, 3.63) is 23.8 Å². The highest BCUT2D eigenvalue weighted by atomic mass is 16.3. The van der Waals surface area contributed by atoms with E-state index in [-0.39, 0.29) is 17.9 Å². The molecule has 2 aliphatic rings. The van der Waals surface area contributed by atoms with Crippen molar-refractivity contribution < 1.29 is 15.0 Å². The number of fused-ring (bicyclic) bond motifs is 1. The Morgan fingerprint density at radius 1 is 1.23 bits per heavy atom. The number of amides is 1. The van der Waals surface area contributed by atoms with E-state index in [1.807, 2.05) is 25.7 Å². The summed E-state index contributed by atoms with van der Waals surface area (Å²) in [5.74, 6) is 1.47. The number of allylic oxidation sites excluding steroid dienone is 2. The first kappa shape index (κ1) is 25.1. The zero-order chi connectivity index (χ0) is 22.1. The Bertz CT molecular complexity index is 591. The van der Waals surface area contributed by atoms with Crippen molar-refractivity contribution in [2.75, 3.05) is 13.1 Å². The number of hydrogen-bond acceptors (Lipinski definition) is 3. The van der Waals surface area contributed by atoms with Crippen LogP contribution in [-0.4, -0.2) is 45.8 Å². The van der Waals surface area contributed by atoms with Gasteiger partial charge in [0.15, 0.2) is 0 Å². The van der Waals surface area contributed by atoms with Gasteiger partial charge < -0.3 is 15.1 Å². The first-order valence-electron chi connectivity index (χ1n) is 12.4. The van der Waals surface area contributed by atoms with Gasteiger partial charge in [0, 0.05) is 25.4 Å². The van der Waals surface area contributed by atoms with Gasteiger partial charge in [-0.15, -0.1) is 0 Å². The molecule has 4 nitrogen and oxygen atoms in total. The number of rotatable bonds is 13. The van der Waals surface area contributed by atoms with E-state index in [1.54, 1.807) is 0 Å². The molecule has 0 aliphatic heterocycles. The van der Waals surface area contributed by atoms with Crippen LogP contribution < -0.4 is 0 Å². The molecule has 0 aromatic heterocycles. The van der Waals surface area contributed by atoms with E-state index in [0.29, 0.717) is 24.7 Å². The minimum absolute atomic E-state index is 0.204. The standard InChI is InChI=1S/C26H45NO3/c1-5-8-15-26(4,30)16-11-13-22-23-18-20(17-21(23)19-24(22)28)12-9-10-14-25(29)27(6-2)7-3/h11,13,17,21-24,28,30H,5-10,12,14-16,18-19H2,1-4H3/b13-11+/t21-,22+,23-,24+,26-/m0/s1. The average Bonchev–Trinajstić information content (AvgIpc) is 3.22. The van der Waals surface area contributed by atoms with Crippen molar-refractivity contribution in [2.24, 2.45) is 17.8 Å². The smallest absolute Gasteiger partial charge is 0.222 e. The zero-order valence-electron chi connectivity index (χ0n) is 19.8. The van der Waals surface area contributed by atoms with Gasteiger partial charge in [-0.2, -0.15) is 0 Å². The SMILES string of the molecule is CCCC[C@](C)(O)C/C=C/[C@@H]1[C@H]2CC(CCCCC(=O)N(CC)CC)=C[C@H]2C[C@H]1O. The van der Waals surface area contributed by atoms with E-state index in [9.17, 15) is 15.0 Å². The Labute approximate surface area is 184 Å². The van der Waals surface area contributed by atoms with Crippen LogP contribution in [0.4, 0.5) is 0 Å². The maximum atomic E-state index is 12.1.